The highest BCUT2D eigenvalue weighted by atomic mass is 19.1. The molecule has 6 heteroatoms. The zero-order valence-corrected chi connectivity index (χ0v) is 24.8. The van der Waals surface area contributed by atoms with Crippen molar-refractivity contribution in [1.82, 2.24) is 4.90 Å². The van der Waals surface area contributed by atoms with Crippen LogP contribution in [0.5, 0.6) is 0 Å². The van der Waals surface area contributed by atoms with Crippen LogP contribution in [0.25, 0.3) is 0 Å². The second-order valence-electron chi connectivity index (χ2n) is 12.9. The molecule has 1 saturated heterocycles. The van der Waals surface area contributed by atoms with Gasteiger partial charge in [0.25, 0.3) is 5.91 Å². The summed E-state index contributed by atoms with van der Waals surface area (Å²) < 4.78 is 14.9. The highest BCUT2D eigenvalue weighted by Gasteiger charge is 2.40. The molecule has 3 aromatic rings. The van der Waals surface area contributed by atoms with Gasteiger partial charge < -0.3 is 15.5 Å². The average molecular weight is 544 g/mol. The summed E-state index contributed by atoms with van der Waals surface area (Å²) in [6.45, 7) is 14.9. The number of piperidine rings is 1. The van der Waals surface area contributed by atoms with Gasteiger partial charge in [-0.15, -0.1) is 0 Å². The van der Waals surface area contributed by atoms with Crippen LogP contribution in [-0.2, 0) is 10.2 Å². The fraction of sp³-hybridized carbons (Fsp3) is 0.412. The number of anilines is 2. The van der Waals surface area contributed by atoms with Crippen molar-refractivity contribution < 1.29 is 14.0 Å². The van der Waals surface area contributed by atoms with Crippen LogP contribution in [0, 0.1) is 18.7 Å². The zero-order chi connectivity index (χ0) is 29.2. The lowest BCUT2D eigenvalue weighted by atomic mass is 9.83. The van der Waals surface area contributed by atoms with E-state index >= 15 is 0 Å². The maximum Gasteiger partial charge on any atom is 0.257 e. The van der Waals surface area contributed by atoms with Crippen LogP contribution in [0.4, 0.5) is 15.8 Å². The Morgan fingerprint density at radius 3 is 2.20 bits per heavy atom. The Balaban J connectivity index is 1.71. The number of hydrogen-bond acceptors (Lipinski definition) is 3. The number of nitrogens with zero attached hydrogens (tertiary/aromatic N) is 1. The van der Waals surface area contributed by atoms with Gasteiger partial charge in [0, 0.05) is 23.5 Å². The molecule has 0 unspecified atom stereocenters. The molecule has 3 aromatic carbocycles. The molecule has 5 nitrogen and oxygen atoms in total. The summed E-state index contributed by atoms with van der Waals surface area (Å²) in [7, 11) is 0. The molecule has 0 bridgehead atoms. The van der Waals surface area contributed by atoms with E-state index in [2.05, 4.69) is 58.2 Å². The minimum absolute atomic E-state index is 0.0578. The smallest absolute Gasteiger partial charge is 0.257 e. The largest absolute Gasteiger partial charge is 0.380 e. The van der Waals surface area contributed by atoms with Crippen LogP contribution in [0.3, 0.4) is 0 Å². The van der Waals surface area contributed by atoms with Crippen molar-refractivity contribution in [3.05, 3.63) is 94.8 Å². The molecule has 0 spiro atoms. The van der Waals surface area contributed by atoms with Crippen molar-refractivity contribution in [3.63, 3.8) is 0 Å². The number of carbonyl (C=O) groups is 2. The summed E-state index contributed by atoms with van der Waals surface area (Å²) in [6, 6.07) is 20.0. The maximum atomic E-state index is 14.9. The second kappa shape index (κ2) is 11.4. The average Bonchev–Trinajstić information content (AvgIpc) is 2.87. The monoisotopic (exact) mass is 543 g/mol. The van der Waals surface area contributed by atoms with E-state index in [1.54, 1.807) is 24.0 Å². The Hall–Kier alpha value is -3.67. The van der Waals surface area contributed by atoms with E-state index in [9.17, 15) is 14.0 Å². The van der Waals surface area contributed by atoms with Gasteiger partial charge in [-0.05, 0) is 93.0 Å². The lowest BCUT2D eigenvalue weighted by Crippen LogP contribution is -2.46. The van der Waals surface area contributed by atoms with Gasteiger partial charge in [-0.25, -0.2) is 4.39 Å². The predicted molar refractivity (Wildman–Crippen MR) is 161 cm³/mol. The lowest BCUT2D eigenvalue weighted by Gasteiger charge is -2.41. The van der Waals surface area contributed by atoms with Crippen molar-refractivity contribution in [2.45, 2.75) is 78.3 Å². The number of amides is 2. The number of aryl methyl sites for hydroxylation is 1. The van der Waals surface area contributed by atoms with Crippen molar-refractivity contribution >= 4 is 23.2 Å². The van der Waals surface area contributed by atoms with Gasteiger partial charge in [-0.2, -0.15) is 0 Å². The summed E-state index contributed by atoms with van der Waals surface area (Å²) in [5, 5.41) is 6.59. The molecule has 1 aliphatic rings. The van der Waals surface area contributed by atoms with Gasteiger partial charge in [0.15, 0.2) is 0 Å². The van der Waals surface area contributed by atoms with Crippen LogP contribution >= 0.6 is 0 Å². The number of nitrogens with one attached hydrogen (secondary N) is 2. The number of carbonyl (C=O) groups excluding carboxylic acids is 2. The number of halogens is 1. The van der Waals surface area contributed by atoms with E-state index in [0.717, 1.165) is 22.5 Å². The Bertz CT molecular complexity index is 1350. The van der Waals surface area contributed by atoms with Crippen LogP contribution in [0.1, 0.15) is 87.5 Å². The quantitative estimate of drug-likeness (QED) is 0.344. The summed E-state index contributed by atoms with van der Waals surface area (Å²) in [5.74, 6) is -1.57. The first-order valence-electron chi connectivity index (χ1n) is 14.1. The van der Waals surface area contributed by atoms with Crippen LogP contribution in [-0.4, -0.2) is 28.8 Å². The molecule has 1 aliphatic heterocycles. The Labute approximate surface area is 238 Å². The third kappa shape index (κ3) is 6.72. The number of hydrogen-bond donors (Lipinski definition) is 2. The fourth-order valence-corrected chi connectivity index (χ4v) is 5.45. The molecule has 2 amide bonds. The molecule has 4 rings (SSSR count). The fourth-order valence-electron chi connectivity index (χ4n) is 5.45. The van der Waals surface area contributed by atoms with Crippen molar-refractivity contribution in [3.8, 4) is 0 Å². The highest BCUT2D eigenvalue weighted by Crippen LogP contribution is 2.39. The molecular formula is C34H42FN3O2. The molecule has 40 heavy (non-hydrogen) atoms. The van der Waals surface area contributed by atoms with E-state index in [1.807, 2.05) is 42.5 Å². The molecule has 0 aromatic heterocycles. The van der Waals surface area contributed by atoms with Gasteiger partial charge in [-0.3, -0.25) is 9.59 Å². The normalized spacial score (nSPS) is 17.9. The van der Waals surface area contributed by atoms with Crippen LogP contribution in [0.15, 0.2) is 66.7 Å². The van der Waals surface area contributed by atoms with E-state index in [1.165, 1.54) is 6.07 Å². The summed E-state index contributed by atoms with van der Waals surface area (Å²) in [5.41, 5.74) is 4.14. The van der Waals surface area contributed by atoms with Gasteiger partial charge in [0.1, 0.15) is 5.82 Å². The molecule has 2 N–H and O–H groups in total. The van der Waals surface area contributed by atoms with E-state index in [-0.39, 0.29) is 28.3 Å². The van der Waals surface area contributed by atoms with Gasteiger partial charge >= 0.3 is 0 Å². The first-order valence-corrected chi connectivity index (χ1v) is 14.1. The van der Waals surface area contributed by atoms with Crippen molar-refractivity contribution in [2.24, 2.45) is 5.92 Å². The highest BCUT2D eigenvalue weighted by molar-refractivity contribution is 5.98. The molecule has 0 aliphatic carbocycles. The molecule has 212 valence electrons. The molecule has 1 heterocycles. The first kappa shape index (κ1) is 29.3. The van der Waals surface area contributed by atoms with Gasteiger partial charge in [0.2, 0.25) is 5.91 Å². The molecule has 1 fully saturated rings. The molecule has 0 saturated carbocycles. The third-order valence-corrected chi connectivity index (χ3v) is 7.43. The second-order valence-corrected chi connectivity index (χ2v) is 12.9. The maximum absolute atomic E-state index is 14.9. The van der Waals surface area contributed by atoms with Gasteiger partial charge in [0.05, 0.1) is 17.5 Å². The topological polar surface area (TPSA) is 61.4 Å². The van der Waals surface area contributed by atoms with E-state index in [0.29, 0.717) is 24.9 Å². The number of rotatable bonds is 5. The van der Waals surface area contributed by atoms with Crippen molar-refractivity contribution in [1.29, 1.82) is 0 Å². The summed E-state index contributed by atoms with van der Waals surface area (Å²) in [4.78, 5) is 29.5. The summed E-state index contributed by atoms with van der Waals surface area (Å²) in [6.07, 6.45) is 1.27. The standard InChI is InChI=1S/C34H42FN3O2/c1-22-11-8-15-28(35)29(22)32(40)38-20-10-14-27(30(38)23-16-18-25(19-17-23)37-34(5,6)7)31(39)36-26-13-9-12-24(21-26)33(2,3)4/h8-9,11-13,15-19,21,27,30,37H,10,14,20H2,1-7H3,(H,36,39)/t27-,30-/m1/s1. The zero-order valence-electron chi connectivity index (χ0n) is 24.8. The Morgan fingerprint density at radius 1 is 0.900 bits per heavy atom. The Kier molecular flexibility index (Phi) is 8.38. The summed E-state index contributed by atoms with van der Waals surface area (Å²) >= 11 is 0. The molecule has 2 atom stereocenters. The Morgan fingerprint density at radius 2 is 1.57 bits per heavy atom. The van der Waals surface area contributed by atoms with E-state index < -0.39 is 17.8 Å². The minimum Gasteiger partial charge on any atom is -0.380 e. The number of likely N-dealkylation sites (tertiary alicyclic amines) is 1. The third-order valence-electron chi connectivity index (χ3n) is 7.43. The SMILES string of the molecule is Cc1cccc(F)c1C(=O)N1CCC[C@@H](C(=O)Nc2cccc(C(C)(C)C)c2)[C@H]1c1ccc(NC(C)(C)C)cc1. The molecular weight excluding hydrogens is 501 g/mol. The van der Waals surface area contributed by atoms with Crippen LogP contribution in [0.2, 0.25) is 0 Å². The number of benzene rings is 3. The molecule has 0 radical (unpaired) electrons. The minimum atomic E-state index is -0.543. The lowest BCUT2D eigenvalue weighted by molar-refractivity contribution is -0.123. The van der Waals surface area contributed by atoms with Gasteiger partial charge in [-0.1, -0.05) is 57.2 Å². The first-order chi connectivity index (χ1) is 18.7. The van der Waals surface area contributed by atoms with E-state index in [4.69, 9.17) is 0 Å². The van der Waals surface area contributed by atoms with Crippen LogP contribution < -0.4 is 10.6 Å². The van der Waals surface area contributed by atoms with Crippen molar-refractivity contribution in [2.75, 3.05) is 17.2 Å². The predicted octanol–water partition coefficient (Wildman–Crippen LogP) is 7.87.